The highest BCUT2D eigenvalue weighted by Crippen LogP contribution is 2.32. The van der Waals surface area contributed by atoms with Gasteiger partial charge in [-0.3, -0.25) is 9.59 Å². The van der Waals surface area contributed by atoms with Crippen molar-refractivity contribution in [2.24, 2.45) is 11.8 Å². The molecule has 2 aromatic rings. The molecule has 184 valence electrons. The Kier molecular flexibility index (Phi) is 10.2. The predicted octanol–water partition coefficient (Wildman–Crippen LogP) is 4.05. The first-order valence-corrected chi connectivity index (χ1v) is 11.5. The van der Waals surface area contributed by atoms with E-state index >= 15 is 0 Å². The summed E-state index contributed by atoms with van der Waals surface area (Å²) in [6.45, 7) is 1.92. The topological polar surface area (TPSA) is 89.5 Å². The molecule has 1 saturated carbocycles. The van der Waals surface area contributed by atoms with Crippen molar-refractivity contribution >= 4 is 11.9 Å². The average Bonchev–Trinajstić information content (AvgIpc) is 2.86. The summed E-state index contributed by atoms with van der Waals surface area (Å²) < 4.78 is 31.9. The Balaban J connectivity index is 1.40. The van der Waals surface area contributed by atoms with E-state index in [1.165, 1.54) is 0 Å². The molecule has 0 radical (unpaired) electrons. The van der Waals surface area contributed by atoms with Crippen LogP contribution in [-0.4, -0.2) is 52.6 Å². The molecule has 3 rings (SSSR count). The van der Waals surface area contributed by atoms with Crippen LogP contribution in [-0.2, 0) is 19.1 Å². The largest absolute Gasteiger partial charge is 0.491 e. The maximum atomic E-state index is 12.6. The molecule has 0 spiro atoms. The number of methoxy groups -OCH3 is 2. The zero-order valence-electron chi connectivity index (χ0n) is 19.7. The van der Waals surface area contributed by atoms with E-state index in [9.17, 15) is 9.59 Å². The van der Waals surface area contributed by atoms with Crippen LogP contribution in [0, 0.1) is 11.8 Å². The molecule has 0 heterocycles. The molecule has 34 heavy (non-hydrogen) atoms. The van der Waals surface area contributed by atoms with Gasteiger partial charge in [-0.2, -0.15) is 0 Å². The standard InChI is InChI=1S/C26H32O8/c1-29-15-17-31-21-7-11-23(12-8-21)33-25(27)19-3-5-20(6-4-19)26(28)34-24-13-9-22(10-14-24)32-18-16-30-2/h7-14,19-20H,3-6,15-18H2,1-2H3/t19-,20-. The van der Waals surface area contributed by atoms with E-state index in [0.717, 1.165) is 0 Å². The average molecular weight is 473 g/mol. The molecule has 8 heteroatoms. The van der Waals surface area contributed by atoms with Gasteiger partial charge in [-0.05, 0) is 74.2 Å². The Morgan fingerprint density at radius 3 is 1.24 bits per heavy atom. The molecule has 0 atom stereocenters. The highest BCUT2D eigenvalue weighted by atomic mass is 16.5. The van der Waals surface area contributed by atoms with Gasteiger partial charge in [0.05, 0.1) is 25.0 Å². The highest BCUT2D eigenvalue weighted by molar-refractivity contribution is 5.77. The van der Waals surface area contributed by atoms with Gasteiger partial charge in [-0.15, -0.1) is 0 Å². The minimum atomic E-state index is -0.274. The maximum Gasteiger partial charge on any atom is 0.314 e. The summed E-state index contributed by atoms with van der Waals surface area (Å²) in [7, 11) is 3.23. The first-order chi connectivity index (χ1) is 16.6. The first kappa shape index (κ1) is 25.5. The quantitative estimate of drug-likeness (QED) is 0.260. The summed E-state index contributed by atoms with van der Waals surface area (Å²) in [6, 6.07) is 13.8. The maximum absolute atomic E-state index is 12.6. The lowest BCUT2D eigenvalue weighted by atomic mass is 9.82. The van der Waals surface area contributed by atoms with Crippen molar-refractivity contribution in [2.75, 3.05) is 40.6 Å². The fourth-order valence-corrected chi connectivity index (χ4v) is 3.66. The molecule has 0 N–H and O–H groups in total. The Bertz CT molecular complexity index is 811. The van der Waals surface area contributed by atoms with Crippen molar-refractivity contribution in [1.29, 1.82) is 0 Å². The van der Waals surface area contributed by atoms with Gasteiger partial charge in [0.15, 0.2) is 0 Å². The second kappa shape index (κ2) is 13.6. The number of hydrogen-bond donors (Lipinski definition) is 0. The number of benzene rings is 2. The minimum absolute atomic E-state index is 0.231. The van der Waals surface area contributed by atoms with E-state index in [4.69, 9.17) is 28.4 Å². The molecule has 0 amide bonds. The minimum Gasteiger partial charge on any atom is -0.491 e. The van der Waals surface area contributed by atoms with E-state index in [1.807, 2.05) is 0 Å². The smallest absolute Gasteiger partial charge is 0.314 e. The molecular weight excluding hydrogens is 440 g/mol. The Morgan fingerprint density at radius 2 is 0.912 bits per heavy atom. The Labute approximate surface area is 200 Å². The zero-order chi connectivity index (χ0) is 24.2. The molecular formula is C26H32O8. The zero-order valence-corrected chi connectivity index (χ0v) is 19.7. The summed E-state index contributed by atoms with van der Waals surface area (Å²) in [5, 5.41) is 0. The van der Waals surface area contributed by atoms with Gasteiger partial charge < -0.3 is 28.4 Å². The second-order valence-electron chi connectivity index (χ2n) is 8.02. The van der Waals surface area contributed by atoms with Crippen molar-refractivity contribution in [3.05, 3.63) is 48.5 Å². The summed E-state index contributed by atoms with van der Waals surface area (Å²) >= 11 is 0. The van der Waals surface area contributed by atoms with Gasteiger partial charge in [0, 0.05) is 14.2 Å². The molecule has 8 nitrogen and oxygen atoms in total. The van der Waals surface area contributed by atoms with Crippen LogP contribution >= 0.6 is 0 Å². The van der Waals surface area contributed by atoms with E-state index in [1.54, 1.807) is 62.8 Å². The predicted molar refractivity (Wildman–Crippen MR) is 124 cm³/mol. The van der Waals surface area contributed by atoms with E-state index in [0.29, 0.717) is 75.1 Å². The van der Waals surface area contributed by atoms with E-state index < -0.39 is 0 Å². The van der Waals surface area contributed by atoms with Gasteiger partial charge in [-0.25, -0.2) is 0 Å². The van der Waals surface area contributed by atoms with Crippen molar-refractivity contribution < 1.29 is 38.0 Å². The van der Waals surface area contributed by atoms with Crippen molar-refractivity contribution in [1.82, 2.24) is 0 Å². The van der Waals surface area contributed by atoms with Crippen LogP contribution in [0.3, 0.4) is 0 Å². The van der Waals surface area contributed by atoms with Crippen LogP contribution in [0.15, 0.2) is 48.5 Å². The Hall–Kier alpha value is -3.10. The van der Waals surface area contributed by atoms with Gasteiger partial charge in [0.1, 0.15) is 36.2 Å². The first-order valence-electron chi connectivity index (χ1n) is 11.5. The van der Waals surface area contributed by atoms with Gasteiger partial charge in [-0.1, -0.05) is 0 Å². The third-order valence-corrected chi connectivity index (χ3v) is 5.59. The van der Waals surface area contributed by atoms with E-state index in [2.05, 4.69) is 0 Å². The van der Waals surface area contributed by atoms with Crippen LogP contribution in [0.4, 0.5) is 0 Å². The van der Waals surface area contributed by atoms with Crippen LogP contribution < -0.4 is 18.9 Å². The van der Waals surface area contributed by atoms with Crippen molar-refractivity contribution in [3.8, 4) is 23.0 Å². The number of carbonyl (C=O) groups is 2. The third-order valence-electron chi connectivity index (χ3n) is 5.59. The molecule has 2 aromatic carbocycles. The van der Waals surface area contributed by atoms with Gasteiger partial charge in [0.2, 0.25) is 0 Å². The number of ether oxygens (including phenoxy) is 6. The molecule has 1 aliphatic rings. The molecule has 0 bridgehead atoms. The molecule has 0 saturated heterocycles. The number of esters is 2. The molecule has 0 unspecified atom stereocenters. The molecule has 1 fully saturated rings. The Morgan fingerprint density at radius 1 is 0.588 bits per heavy atom. The van der Waals surface area contributed by atoms with Crippen LogP contribution in [0.25, 0.3) is 0 Å². The third kappa shape index (κ3) is 8.04. The summed E-state index contributed by atoms with van der Waals surface area (Å²) in [5.74, 6) is 1.30. The van der Waals surface area contributed by atoms with Crippen molar-refractivity contribution in [3.63, 3.8) is 0 Å². The summed E-state index contributed by atoms with van der Waals surface area (Å²) in [6.07, 6.45) is 2.35. The SMILES string of the molecule is COCCOc1ccc(OC(=O)[C@H]2CC[C@H](C(=O)Oc3ccc(OCCOC)cc3)CC2)cc1. The van der Waals surface area contributed by atoms with Crippen LogP contribution in [0.5, 0.6) is 23.0 Å². The number of carbonyl (C=O) groups excluding carboxylic acids is 2. The lowest BCUT2D eigenvalue weighted by Crippen LogP contribution is -2.30. The fraction of sp³-hybridized carbons (Fsp3) is 0.462. The second-order valence-corrected chi connectivity index (χ2v) is 8.02. The molecule has 1 aliphatic carbocycles. The summed E-state index contributed by atoms with van der Waals surface area (Å²) in [5.41, 5.74) is 0. The van der Waals surface area contributed by atoms with Crippen LogP contribution in [0.1, 0.15) is 25.7 Å². The monoisotopic (exact) mass is 472 g/mol. The van der Waals surface area contributed by atoms with E-state index in [-0.39, 0.29) is 23.8 Å². The number of rotatable bonds is 12. The van der Waals surface area contributed by atoms with Gasteiger partial charge >= 0.3 is 11.9 Å². The van der Waals surface area contributed by atoms with Crippen molar-refractivity contribution in [2.45, 2.75) is 25.7 Å². The lowest BCUT2D eigenvalue weighted by Gasteiger charge is -2.25. The summed E-state index contributed by atoms with van der Waals surface area (Å²) in [4.78, 5) is 25.1. The normalized spacial score (nSPS) is 17.6. The van der Waals surface area contributed by atoms with Crippen LogP contribution in [0.2, 0.25) is 0 Å². The van der Waals surface area contributed by atoms with Gasteiger partial charge in [0.25, 0.3) is 0 Å². The fourth-order valence-electron chi connectivity index (χ4n) is 3.66. The highest BCUT2D eigenvalue weighted by Gasteiger charge is 2.32. The molecule has 0 aromatic heterocycles. The number of hydrogen-bond acceptors (Lipinski definition) is 8. The lowest BCUT2D eigenvalue weighted by molar-refractivity contribution is -0.145. The molecule has 0 aliphatic heterocycles.